The van der Waals surface area contributed by atoms with Crippen LogP contribution in [0.1, 0.15) is 16.1 Å². The Morgan fingerprint density at radius 3 is 2.61 bits per heavy atom. The highest BCUT2D eigenvalue weighted by Gasteiger charge is 2.32. The van der Waals surface area contributed by atoms with Gasteiger partial charge in [0.25, 0.3) is 5.91 Å². The summed E-state index contributed by atoms with van der Waals surface area (Å²) in [6.07, 6.45) is -3.72. The number of carbonyl (C=O) groups excluding carboxylic acids is 1. The fourth-order valence-corrected chi connectivity index (χ4v) is 2.56. The van der Waals surface area contributed by atoms with Crippen LogP contribution in [0.5, 0.6) is 5.75 Å². The van der Waals surface area contributed by atoms with E-state index in [9.17, 15) is 18.0 Å². The van der Waals surface area contributed by atoms with E-state index in [1.807, 2.05) is 0 Å². The summed E-state index contributed by atoms with van der Waals surface area (Å²) in [5.74, 6) is -1.05. The van der Waals surface area contributed by atoms with Crippen LogP contribution in [0.2, 0.25) is 5.02 Å². The summed E-state index contributed by atoms with van der Waals surface area (Å²) in [6, 6.07) is 6.38. The second kappa shape index (κ2) is 7.39. The van der Waals surface area contributed by atoms with E-state index in [0.29, 0.717) is 5.69 Å². The van der Waals surface area contributed by atoms with Crippen molar-refractivity contribution >= 4 is 29.1 Å². The molecule has 0 aliphatic rings. The Bertz CT molecular complexity index is 1040. The molecule has 28 heavy (non-hydrogen) atoms. The molecule has 3 rings (SSSR count). The molecule has 0 radical (unpaired) electrons. The third kappa shape index (κ3) is 4.34. The summed E-state index contributed by atoms with van der Waals surface area (Å²) in [5, 5.41) is 6.28. The van der Waals surface area contributed by atoms with Crippen molar-refractivity contribution in [3.63, 3.8) is 0 Å². The predicted octanol–water partition coefficient (Wildman–Crippen LogP) is 4.43. The number of nitrogen functional groups attached to an aromatic ring is 1. The van der Waals surface area contributed by atoms with E-state index in [2.05, 4.69) is 20.2 Å². The number of carbonyl (C=O) groups is 1. The molecular weight excluding hydrogens is 401 g/mol. The van der Waals surface area contributed by atoms with E-state index < -0.39 is 18.0 Å². The largest absolute Gasteiger partial charge is 0.573 e. The molecule has 146 valence electrons. The number of hydrogen-bond acceptors (Lipinski definition) is 6. The number of nitrogens with two attached hydrogens (primary N) is 1. The van der Waals surface area contributed by atoms with Gasteiger partial charge in [-0.1, -0.05) is 16.8 Å². The summed E-state index contributed by atoms with van der Waals surface area (Å²) < 4.78 is 46.7. The first-order chi connectivity index (χ1) is 13.1. The van der Waals surface area contributed by atoms with Crippen LogP contribution < -0.4 is 15.8 Å². The van der Waals surface area contributed by atoms with Gasteiger partial charge in [-0.05, 0) is 37.3 Å². The van der Waals surface area contributed by atoms with Crippen LogP contribution in [0.4, 0.5) is 24.8 Å². The number of rotatable bonds is 4. The Hall–Kier alpha value is -3.27. The molecule has 11 heteroatoms. The minimum atomic E-state index is -4.89. The number of aromatic nitrogens is 2. The van der Waals surface area contributed by atoms with Gasteiger partial charge < -0.3 is 20.3 Å². The fourth-order valence-electron chi connectivity index (χ4n) is 2.39. The average molecular weight is 413 g/mol. The lowest BCUT2D eigenvalue weighted by Crippen LogP contribution is -2.18. The minimum absolute atomic E-state index is 0.00239. The van der Waals surface area contributed by atoms with Gasteiger partial charge >= 0.3 is 6.36 Å². The van der Waals surface area contributed by atoms with Gasteiger partial charge in [0.05, 0.1) is 5.69 Å². The van der Waals surface area contributed by atoms with Crippen LogP contribution in [0.3, 0.4) is 0 Å². The zero-order chi connectivity index (χ0) is 20.5. The van der Waals surface area contributed by atoms with Gasteiger partial charge in [-0.3, -0.25) is 4.79 Å². The number of nitrogens with one attached hydrogen (secondary N) is 1. The third-order valence-electron chi connectivity index (χ3n) is 3.62. The smallest absolute Gasteiger partial charge is 0.405 e. The lowest BCUT2D eigenvalue weighted by molar-refractivity contribution is -0.274. The van der Waals surface area contributed by atoms with Crippen molar-refractivity contribution in [2.24, 2.45) is 0 Å². The van der Waals surface area contributed by atoms with E-state index in [0.717, 1.165) is 6.07 Å². The molecule has 1 aromatic carbocycles. The molecule has 0 aliphatic heterocycles. The second-order valence-electron chi connectivity index (χ2n) is 5.59. The number of pyridine rings is 1. The zero-order valence-electron chi connectivity index (χ0n) is 14.2. The number of benzene rings is 1. The Morgan fingerprint density at radius 1 is 1.25 bits per heavy atom. The first-order valence-corrected chi connectivity index (χ1v) is 8.06. The van der Waals surface area contributed by atoms with Gasteiger partial charge in [-0.2, -0.15) is 0 Å². The molecule has 3 aromatic rings. The number of amides is 1. The van der Waals surface area contributed by atoms with E-state index in [-0.39, 0.29) is 33.3 Å². The molecule has 0 atom stereocenters. The molecule has 7 nitrogen and oxygen atoms in total. The highest BCUT2D eigenvalue weighted by atomic mass is 35.5. The second-order valence-corrected chi connectivity index (χ2v) is 6.02. The number of alkyl halides is 3. The molecule has 0 spiro atoms. The Morgan fingerprint density at radius 2 is 2.00 bits per heavy atom. The monoisotopic (exact) mass is 412 g/mol. The van der Waals surface area contributed by atoms with Gasteiger partial charge in [0.2, 0.25) is 0 Å². The van der Waals surface area contributed by atoms with Gasteiger partial charge in [0.1, 0.15) is 29.2 Å². The Labute approximate surface area is 161 Å². The number of nitrogens with zero attached hydrogens (tertiary/aromatic N) is 2. The number of aryl methyl sites for hydroxylation is 1. The van der Waals surface area contributed by atoms with Crippen molar-refractivity contribution in [3.8, 4) is 16.9 Å². The number of ether oxygens (including phenoxy) is 1. The molecule has 0 saturated carbocycles. The molecular formula is C17H12ClF3N4O3. The quantitative estimate of drug-likeness (QED) is 0.657. The highest BCUT2D eigenvalue weighted by Crippen LogP contribution is 2.38. The van der Waals surface area contributed by atoms with Gasteiger partial charge in [-0.25, -0.2) is 4.98 Å². The fraction of sp³-hybridized carbons (Fsp3) is 0.118. The van der Waals surface area contributed by atoms with Crippen molar-refractivity contribution in [1.82, 2.24) is 10.1 Å². The molecule has 2 aromatic heterocycles. The predicted molar refractivity (Wildman–Crippen MR) is 95.0 cm³/mol. The van der Waals surface area contributed by atoms with E-state index in [1.165, 1.54) is 30.5 Å². The maximum atomic E-state index is 12.7. The van der Waals surface area contributed by atoms with Crippen LogP contribution in [0, 0.1) is 6.92 Å². The molecule has 0 unspecified atom stereocenters. The van der Waals surface area contributed by atoms with E-state index in [1.54, 1.807) is 6.92 Å². The van der Waals surface area contributed by atoms with Gasteiger partial charge in [0.15, 0.2) is 0 Å². The summed E-state index contributed by atoms with van der Waals surface area (Å²) in [6.45, 7) is 1.59. The SMILES string of the molecule is Cc1nocc1C(=O)Nc1ccc(-c2cc(Cl)ccc2OC(F)(F)F)c(N)n1. The molecule has 0 saturated heterocycles. The van der Waals surface area contributed by atoms with Crippen LogP contribution in [-0.4, -0.2) is 22.4 Å². The first-order valence-electron chi connectivity index (χ1n) is 7.68. The Kier molecular flexibility index (Phi) is 5.14. The van der Waals surface area contributed by atoms with E-state index >= 15 is 0 Å². The molecule has 0 aliphatic carbocycles. The highest BCUT2D eigenvalue weighted by molar-refractivity contribution is 6.31. The normalized spacial score (nSPS) is 11.3. The standard InChI is InChI=1S/C17H12ClF3N4O3/c1-8-12(7-27-25-8)16(26)24-14-5-3-10(15(22)23-14)11-6-9(18)2-4-13(11)28-17(19,20)21/h2-7H,1H3,(H3,22,23,24,26). The van der Waals surface area contributed by atoms with Crippen molar-refractivity contribution in [3.05, 3.63) is 52.9 Å². The summed E-state index contributed by atoms with van der Waals surface area (Å²) in [4.78, 5) is 16.2. The van der Waals surface area contributed by atoms with Crippen LogP contribution in [0.15, 0.2) is 41.1 Å². The van der Waals surface area contributed by atoms with Crippen LogP contribution in [0.25, 0.3) is 11.1 Å². The van der Waals surface area contributed by atoms with Crippen molar-refractivity contribution in [1.29, 1.82) is 0 Å². The molecule has 0 fully saturated rings. The van der Waals surface area contributed by atoms with Gasteiger partial charge in [-0.15, -0.1) is 13.2 Å². The van der Waals surface area contributed by atoms with Crippen molar-refractivity contribution in [2.75, 3.05) is 11.1 Å². The lowest BCUT2D eigenvalue weighted by atomic mass is 10.1. The molecule has 2 heterocycles. The summed E-state index contributed by atoms with van der Waals surface area (Å²) in [5.41, 5.74) is 6.64. The summed E-state index contributed by atoms with van der Waals surface area (Å²) >= 11 is 5.89. The molecule has 3 N–H and O–H groups in total. The van der Waals surface area contributed by atoms with Crippen LogP contribution >= 0.6 is 11.6 Å². The first kappa shape index (κ1) is 19.5. The topological polar surface area (TPSA) is 103 Å². The third-order valence-corrected chi connectivity index (χ3v) is 3.85. The Balaban J connectivity index is 1.92. The number of hydrogen-bond donors (Lipinski definition) is 2. The maximum absolute atomic E-state index is 12.7. The summed E-state index contributed by atoms with van der Waals surface area (Å²) in [7, 11) is 0. The lowest BCUT2D eigenvalue weighted by Gasteiger charge is -2.15. The average Bonchev–Trinajstić information content (AvgIpc) is 3.02. The molecule has 1 amide bonds. The number of anilines is 2. The maximum Gasteiger partial charge on any atom is 0.573 e. The number of halogens is 4. The van der Waals surface area contributed by atoms with Crippen LogP contribution in [-0.2, 0) is 0 Å². The van der Waals surface area contributed by atoms with E-state index in [4.69, 9.17) is 21.9 Å². The molecule has 0 bridgehead atoms. The van der Waals surface area contributed by atoms with Gasteiger partial charge in [0, 0.05) is 16.1 Å². The van der Waals surface area contributed by atoms with Crippen molar-refractivity contribution < 1.29 is 27.2 Å². The minimum Gasteiger partial charge on any atom is -0.405 e. The zero-order valence-corrected chi connectivity index (χ0v) is 14.9. The van der Waals surface area contributed by atoms with Crippen molar-refractivity contribution in [2.45, 2.75) is 13.3 Å².